The van der Waals surface area contributed by atoms with Gasteiger partial charge in [0.15, 0.2) is 0 Å². The van der Waals surface area contributed by atoms with E-state index < -0.39 is 0 Å². The molecule has 3 aromatic rings. The molecule has 4 nitrogen and oxygen atoms in total. The van der Waals surface area contributed by atoms with Crippen LogP contribution in [0, 0.1) is 0 Å². The summed E-state index contributed by atoms with van der Waals surface area (Å²) in [6.45, 7) is 3.91. The monoisotopic (exact) mass is 370 g/mol. The number of fused-ring (bicyclic) bond motifs is 2. The van der Waals surface area contributed by atoms with Gasteiger partial charge >= 0.3 is 0 Å². The van der Waals surface area contributed by atoms with Gasteiger partial charge in [-0.25, -0.2) is 4.98 Å². The largest absolute Gasteiger partial charge is 0.438 e. The first kappa shape index (κ1) is 18.0. The van der Waals surface area contributed by atoms with Crippen LogP contribution in [0.5, 0.6) is 11.6 Å². The Hall–Kier alpha value is -3.40. The highest BCUT2D eigenvalue weighted by Crippen LogP contribution is 2.45. The summed E-state index contributed by atoms with van der Waals surface area (Å²) >= 11 is 0. The summed E-state index contributed by atoms with van der Waals surface area (Å²) in [5.41, 5.74) is 4.65. The van der Waals surface area contributed by atoms with E-state index >= 15 is 0 Å². The number of carbonyl (C=O) groups is 1. The smallest absolute Gasteiger partial charge is 0.253 e. The molecule has 140 valence electrons. The Morgan fingerprint density at radius 2 is 1.82 bits per heavy atom. The summed E-state index contributed by atoms with van der Waals surface area (Å²) < 4.78 is 6.10. The first-order valence-electron chi connectivity index (χ1n) is 9.29. The Morgan fingerprint density at radius 1 is 1.07 bits per heavy atom. The van der Waals surface area contributed by atoms with Crippen LogP contribution >= 0.6 is 0 Å². The van der Waals surface area contributed by atoms with Crippen LogP contribution < -0.4 is 4.74 Å². The fourth-order valence-electron chi connectivity index (χ4n) is 3.55. The van der Waals surface area contributed by atoms with Gasteiger partial charge in [0.05, 0.1) is 5.69 Å². The van der Waals surface area contributed by atoms with Crippen molar-refractivity contribution in [2.45, 2.75) is 12.3 Å². The number of pyridine rings is 1. The van der Waals surface area contributed by atoms with Crippen molar-refractivity contribution >= 4 is 5.91 Å². The number of hydrogen-bond donors (Lipinski definition) is 0. The van der Waals surface area contributed by atoms with Gasteiger partial charge in [-0.2, -0.15) is 0 Å². The molecule has 2 aromatic carbocycles. The first-order valence-corrected chi connectivity index (χ1v) is 9.29. The lowest BCUT2D eigenvalue weighted by atomic mass is 9.86. The lowest BCUT2D eigenvalue weighted by Crippen LogP contribution is -2.21. The van der Waals surface area contributed by atoms with Gasteiger partial charge in [-0.3, -0.25) is 4.79 Å². The maximum atomic E-state index is 12.1. The van der Waals surface area contributed by atoms with E-state index in [4.69, 9.17) is 9.72 Å². The minimum absolute atomic E-state index is 0.0165. The summed E-state index contributed by atoms with van der Waals surface area (Å²) in [5.74, 6) is 1.66. The van der Waals surface area contributed by atoms with E-state index in [1.807, 2.05) is 54.6 Å². The maximum absolute atomic E-state index is 12.1. The molecule has 1 unspecified atom stereocenters. The molecule has 0 saturated heterocycles. The average Bonchev–Trinajstić information content (AvgIpc) is 2.72. The molecule has 28 heavy (non-hydrogen) atoms. The molecule has 4 heteroatoms. The fraction of sp³-hybridized carbons (Fsp3) is 0.167. The molecule has 0 aliphatic carbocycles. The molecular weight excluding hydrogens is 348 g/mol. The van der Waals surface area contributed by atoms with E-state index in [1.165, 1.54) is 0 Å². The third-order valence-corrected chi connectivity index (χ3v) is 5.00. The topological polar surface area (TPSA) is 42.4 Å². The van der Waals surface area contributed by atoms with E-state index in [0.717, 1.165) is 34.6 Å². The molecule has 0 bridgehead atoms. The van der Waals surface area contributed by atoms with Crippen molar-refractivity contribution in [1.29, 1.82) is 0 Å². The number of allylic oxidation sites excluding steroid dienone is 1. The Bertz CT molecular complexity index is 1040. The second kappa shape index (κ2) is 7.31. The Morgan fingerprint density at radius 3 is 2.54 bits per heavy atom. The Balaban J connectivity index is 1.70. The van der Waals surface area contributed by atoms with Gasteiger partial charge in [0.2, 0.25) is 5.88 Å². The summed E-state index contributed by atoms with van der Waals surface area (Å²) in [4.78, 5) is 18.4. The SMILES string of the molecule is C=CCC1c2ccccc2Oc2nc(-c3ccc(C(=O)N(C)C)cc3)ccc21. The number of hydrogen-bond acceptors (Lipinski definition) is 3. The molecule has 1 aliphatic rings. The normalized spacial score (nSPS) is 14.4. The van der Waals surface area contributed by atoms with E-state index in [0.29, 0.717) is 11.4 Å². The van der Waals surface area contributed by atoms with E-state index in [9.17, 15) is 4.79 Å². The zero-order valence-corrected chi connectivity index (χ0v) is 16.1. The van der Waals surface area contributed by atoms with Crippen LogP contribution in [0.4, 0.5) is 0 Å². The minimum atomic E-state index is -0.0165. The first-order chi connectivity index (χ1) is 13.6. The quantitative estimate of drug-likeness (QED) is 0.588. The lowest BCUT2D eigenvalue weighted by Gasteiger charge is -2.27. The van der Waals surface area contributed by atoms with Gasteiger partial charge in [-0.1, -0.05) is 42.5 Å². The molecule has 1 aromatic heterocycles. The second-order valence-corrected chi connectivity index (χ2v) is 7.08. The van der Waals surface area contributed by atoms with Crippen molar-refractivity contribution in [3.63, 3.8) is 0 Å². The molecule has 4 rings (SSSR count). The van der Waals surface area contributed by atoms with Crippen molar-refractivity contribution in [1.82, 2.24) is 9.88 Å². The predicted octanol–water partition coefficient (Wildman–Crippen LogP) is 5.26. The predicted molar refractivity (Wildman–Crippen MR) is 111 cm³/mol. The molecule has 0 fully saturated rings. The van der Waals surface area contributed by atoms with Gasteiger partial charge in [0, 0.05) is 42.3 Å². The van der Waals surface area contributed by atoms with Crippen LogP contribution in [-0.2, 0) is 0 Å². The van der Waals surface area contributed by atoms with Crippen molar-refractivity contribution in [2.75, 3.05) is 14.1 Å². The number of rotatable bonds is 4. The maximum Gasteiger partial charge on any atom is 0.253 e. The summed E-state index contributed by atoms with van der Waals surface area (Å²) in [6, 6.07) is 19.7. The van der Waals surface area contributed by atoms with Gasteiger partial charge in [-0.05, 0) is 30.7 Å². The molecule has 1 amide bonds. The Labute approximate surface area is 165 Å². The molecule has 0 saturated carbocycles. The van der Waals surface area contributed by atoms with Crippen LogP contribution in [0.3, 0.4) is 0 Å². The average molecular weight is 370 g/mol. The van der Waals surface area contributed by atoms with Gasteiger partial charge < -0.3 is 9.64 Å². The zero-order valence-electron chi connectivity index (χ0n) is 16.1. The molecular formula is C24H22N2O2. The van der Waals surface area contributed by atoms with Crippen molar-refractivity contribution < 1.29 is 9.53 Å². The molecule has 0 N–H and O–H groups in total. The molecule has 2 heterocycles. The fourth-order valence-corrected chi connectivity index (χ4v) is 3.55. The number of nitrogens with zero attached hydrogens (tertiary/aromatic N) is 2. The highest BCUT2D eigenvalue weighted by Gasteiger charge is 2.27. The van der Waals surface area contributed by atoms with E-state index in [2.05, 4.69) is 18.7 Å². The van der Waals surface area contributed by atoms with Crippen molar-refractivity contribution in [3.8, 4) is 22.9 Å². The number of ether oxygens (including phenoxy) is 1. The molecule has 0 radical (unpaired) electrons. The van der Waals surface area contributed by atoms with Gasteiger partial charge in [0.1, 0.15) is 5.75 Å². The molecule has 0 spiro atoms. The summed E-state index contributed by atoms with van der Waals surface area (Å²) in [7, 11) is 3.49. The number of benzene rings is 2. The van der Waals surface area contributed by atoms with Crippen LogP contribution in [0.1, 0.15) is 33.8 Å². The second-order valence-electron chi connectivity index (χ2n) is 7.08. The highest BCUT2D eigenvalue weighted by molar-refractivity contribution is 5.94. The molecule has 1 aliphatic heterocycles. The van der Waals surface area contributed by atoms with Gasteiger partial charge in [-0.15, -0.1) is 6.58 Å². The standard InChI is InChI=1S/C24H22N2O2/c1-4-7-18-19-8-5-6-9-22(19)28-23-20(18)14-15-21(25-23)16-10-12-17(13-11-16)24(27)26(2)3/h4-6,8-15,18H,1,7H2,2-3H3. The minimum Gasteiger partial charge on any atom is -0.438 e. The summed E-state index contributed by atoms with van der Waals surface area (Å²) in [6.07, 6.45) is 2.76. The lowest BCUT2D eigenvalue weighted by molar-refractivity contribution is 0.0827. The number of aromatic nitrogens is 1. The van der Waals surface area contributed by atoms with Gasteiger partial charge in [0.25, 0.3) is 5.91 Å². The van der Waals surface area contributed by atoms with Crippen LogP contribution in [0.15, 0.2) is 73.3 Å². The Kier molecular flexibility index (Phi) is 4.70. The van der Waals surface area contributed by atoms with E-state index in [-0.39, 0.29) is 11.8 Å². The summed E-state index contributed by atoms with van der Waals surface area (Å²) in [5, 5.41) is 0. The highest BCUT2D eigenvalue weighted by atomic mass is 16.5. The van der Waals surface area contributed by atoms with Crippen LogP contribution in [0.25, 0.3) is 11.3 Å². The molecule has 1 atom stereocenters. The van der Waals surface area contributed by atoms with Crippen molar-refractivity contribution in [2.24, 2.45) is 0 Å². The number of carbonyl (C=O) groups excluding carboxylic acids is 1. The third-order valence-electron chi connectivity index (χ3n) is 5.00. The van der Waals surface area contributed by atoms with Crippen molar-refractivity contribution in [3.05, 3.63) is 90.0 Å². The number of para-hydroxylation sites is 1. The van der Waals surface area contributed by atoms with Crippen LogP contribution in [0.2, 0.25) is 0 Å². The number of amides is 1. The zero-order chi connectivity index (χ0) is 19.7. The third kappa shape index (κ3) is 3.18. The van der Waals surface area contributed by atoms with E-state index in [1.54, 1.807) is 19.0 Å². The van der Waals surface area contributed by atoms with Crippen LogP contribution in [-0.4, -0.2) is 29.9 Å².